The lowest BCUT2D eigenvalue weighted by Gasteiger charge is -2.07. The third-order valence-electron chi connectivity index (χ3n) is 2.67. The van der Waals surface area contributed by atoms with Crippen LogP contribution in [0.4, 0.5) is 8.78 Å². The summed E-state index contributed by atoms with van der Waals surface area (Å²) in [6.45, 7) is 0.745. The van der Waals surface area contributed by atoms with Gasteiger partial charge in [0.2, 0.25) is 0 Å². The minimum atomic E-state index is -0.870. The normalized spacial score (nSPS) is 10.2. The molecule has 2 aromatic carbocycles. The Morgan fingerprint density at radius 2 is 1.75 bits per heavy atom. The second-order valence-corrected chi connectivity index (χ2v) is 4.56. The first-order valence-corrected chi connectivity index (χ1v) is 6.06. The van der Waals surface area contributed by atoms with Crippen LogP contribution >= 0.6 is 11.6 Å². The monoisotopic (exact) mass is 318 g/mol. The largest absolute Gasteiger partial charge is 1.00 e. The van der Waals surface area contributed by atoms with Crippen LogP contribution in [-0.4, -0.2) is 5.11 Å². The Balaban J connectivity index is 0.00000200. The predicted molar refractivity (Wildman–Crippen MR) is 70.0 cm³/mol. The van der Waals surface area contributed by atoms with Crippen molar-refractivity contribution >= 4 is 11.6 Å². The van der Waals surface area contributed by atoms with Crippen LogP contribution in [0, 0.1) is 11.6 Å². The average molecular weight is 319 g/mol. The molecule has 0 aliphatic heterocycles. The van der Waals surface area contributed by atoms with Gasteiger partial charge in [0, 0.05) is 23.7 Å². The van der Waals surface area contributed by atoms with Gasteiger partial charge in [-0.3, -0.25) is 0 Å². The molecule has 0 aromatic heterocycles. The van der Waals surface area contributed by atoms with E-state index in [2.05, 4.69) is 5.32 Å². The maximum atomic E-state index is 13.0. The highest BCUT2D eigenvalue weighted by Gasteiger charge is 2.04. The van der Waals surface area contributed by atoms with E-state index in [1.54, 1.807) is 12.1 Å². The minimum Gasteiger partial charge on any atom is -1.00 e. The zero-order valence-electron chi connectivity index (χ0n) is 10.3. The molecule has 0 bridgehead atoms. The maximum Gasteiger partial charge on any atom is 0.159 e. The van der Waals surface area contributed by atoms with Crippen molar-refractivity contribution in [2.75, 3.05) is 0 Å². The fourth-order valence-corrected chi connectivity index (χ4v) is 1.88. The number of nitrogens with one attached hydrogen (secondary N) is 1. The fraction of sp³-hybridized carbons (Fsp3) is 0.143. The fourth-order valence-electron chi connectivity index (χ4n) is 1.69. The number of phenols is 1. The summed E-state index contributed by atoms with van der Waals surface area (Å²) in [6, 6.07) is 8.48. The van der Waals surface area contributed by atoms with Crippen LogP contribution in [0.2, 0.25) is 5.02 Å². The van der Waals surface area contributed by atoms with Gasteiger partial charge in [-0.25, -0.2) is 8.78 Å². The first-order chi connectivity index (χ1) is 9.06. The number of rotatable bonds is 4. The average Bonchev–Trinajstić information content (AvgIpc) is 2.38. The van der Waals surface area contributed by atoms with Gasteiger partial charge >= 0.3 is 0 Å². The van der Waals surface area contributed by atoms with E-state index in [0.29, 0.717) is 29.2 Å². The molecule has 108 valence electrons. The van der Waals surface area contributed by atoms with Crippen molar-refractivity contribution in [1.29, 1.82) is 0 Å². The van der Waals surface area contributed by atoms with E-state index in [1.807, 2.05) is 0 Å². The van der Waals surface area contributed by atoms with E-state index in [4.69, 9.17) is 11.6 Å². The summed E-state index contributed by atoms with van der Waals surface area (Å²) < 4.78 is 25.7. The molecule has 2 rings (SSSR count). The van der Waals surface area contributed by atoms with Crippen LogP contribution in [0.3, 0.4) is 0 Å². The van der Waals surface area contributed by atoms with Crippen molar-refractivity contribution in [1.82, 2.24) is 5.32 Å². The number of hydrogen-bond donors (Lipinski definition) is 2. The lowest BCUT2D eigenvalue weighted by atomic mass is 10.2. The Hall–Kier alpha value is -1.36. The van der Waals surface area contributed by atoms with E-state index < -0.39 is 11.6 Å². The Morgan fingerprint density at radius 3 is 2.45 bits per heavy atom. The summed E-state index contributed by atoms with van der Waals surface area (Å²) in [4.78, 5) is 0. The van der Waals surface area contributed by atoms with Crippen molar-refractivity contribution < 1.29 is 26.3 Å². The summed E-state index contributed by atoms with van der Waals surface area (Å²) in [5.41, 5.74) is 1.27. The molecule has 6 heteroatoms. The van der Waals surface area contributed by atoms with E-state index in [9.17, 15) is 13.9 Å². The molecule has 0 unspecified atom stereocenters. The van der Waals surface area contributed by atoms with Crippen LogP contribution in [0.5, 0.6) is 5.75 Å². The third-order valence-corrected chi connectivity index (χ3v) is 2.91. The van der Waals surface area contributed by atoms with Gasteiger partial charge in [-0.1, -0.05) is 17.7 Å². The van der Waals surface area contributed by atoms with Gasteiger partial charge in [0.25, 0.3) is 0 Å². The Morgan fingerprint density at radius 1 is 1.00 bits per heavy atom. The number of benzene rings is 2. The SMILES string of the molecule is Oc1ccc(Cl)cc1CNCc1ccc(F)c(F)c1.[Cl-]. The Bertz CT molecular complexity index is 593. The smallest absolute Gasteiger partial charge is 0.159 e. The minimum absolute atomic E-state index is 0. The van der Waals surface area contributed by atoms with Gasteiger partial charge in [0.1, 0.15) is 5.75 Å². The predicted octanol–water partition coefficient (Wildman–Crippen LogP) is 0.618. The molecule has 0 radical (unpaired) electrons. The summed E-state index contributed by atoms with van der Waals surface area (Å²) in [6.07, 6.45) is 0. The molecule has 2 nitrogen and oxygen atoms in total. The molecule has 0 aliphatic carbocycles. The zero-order valence-corrected chi connectivity index (χ0v) is 11.8. The molecule has 0 spiro atoms. The Labute approximate surface area is 126 Å². The summed E-state index contributed by atoms with van der Waals surface area (Å²) in [7, 11) is 0. The quantitative estimate of drug-likeness (QED) is 0.866. The topological polar surface area (TPSA) is 32.3 Å². The lowest BCUT2D eigenvalue weighted by molar-refractivity contribution is -0.00000584. The number of phenolic OH excluding ortho intramolecular Hbond substituents is 1. The Kier molecular flexibility index (Phi) is 6.20. The van der Waals surface area contributed by atoms with Crippen LogP contribution in [0.1, 0.15) is 11.1 Å². The van der Waals surface area contributed by atoms with Crippen molar-refractivity contribution in [3.05, 3.63) is 64.2 Å². The first-order valence-electron chi connectivity index (χ1n) is 5.68. The van der Waals surface area contributed by atoms with Gasteiger partial charge in [0.05, 0.1) is 0 Å². The van der Waals surface area contributed by atoms with Gasteiger partial charge in [0.15, 0.2) is 11.6 Å². The third kappa shape index (κ3) is 4.34. The van der Waals surface area contributed by atoms with Crippen molar-refractivity contribution in [2.24, 2.45) is 0 Å². The highest BCUT2D eigenvalue weighted by molar-refractivity contribution is 6.30. The first kappa shape index (κ1) is 16.7. The molecular weight excluding hydrogens is 307 g/mol. The molecule has 0 saturated carbocycles. The van der Waals surface area contributed by atoms with Gasteiger partial charge in [-0.05, 0) is 35.9 Å². The molecule has 0 heterocycles. The van der Waals surface area contributed by atoms with Gasteiger partial charge in [-0.2, -0.15) is 0 Å². The summed E-state index contributed by atoms with van der Waals surface area (Å²) in [5.74, 6) is -1.59. The zero-order chi connectivity index (χ0) is 13.8. The highest BCUT2D eigenvalue weighted by atomic mass is 35.5. The number of hydrogen-bond acceptors (Lipinski definition) is 2. The van der Waals surface area contributed by atoms with E-state index in [-0.39, 0.29) is 18.2 Å². The molecule has 2 aromatic rings. The second kappa shape index (κ2) is 7.43. The van der Waals surface area contributed by atoms with Crippen LogP contribution in [0.25, 0.3) is 0 Å². The molecule has 0 aliphatic rings. The van der Waals surface area contributed by atoms with Crippen molar-refractivity contribution in [2.45, 2.75) is 13.1 Å². The molecule has 0 fully saturated rings. The van der Waals surface area contributed by atoms with Gasteiger partial charge in [-0.15, -0.1) is 0 Å². The summed E-state index contributed by atoms with van der Waals surface area (Å²) >= 11 is 5.82. The molecule has 0 amide bonds. The number of aromatic hydroxyl groups is 1. The van der Waals surface area contributed by atoms with Crippen molar-refractivity contribution in [3.63, 3.8) is 0 Å². The van der Waals surface area contributed by atoms with Crippen LogP contribution in [0.15, 0.2) is 36.4 Å². The molecule has 2 N–H and O–H groups in total. The van der Waals surface area contributed by atoms with E-state index in [0.717, 1.165) is 12.1 Å². The standard InChI is InChI=1S/C14H12ClF2NO.ClH/c15-11-2-4-14(19)10(6-11)8-18-7-9-1-3-12(16)13(17)5-9;/h1-6,18-19H,7-8H2;1H/p-1. The summed E-state index contributed by atoms with van der Waals surface area (Å²) in [5, 5.41) is 13.2. The lowest BCUT2D eigenvalue weighted by Crippen LogP contribution is -3.00. The van der Waals surface area contributed by atoms with E-state index >= 15 is 0 Å². The molecule has 0 atom stereocenters. The van der Waals surface area contributed by atoms with Crippen LogP contribution in [-0.2, 0) is 13.1 Å². The van der Waals surface area contributed by atoms with Gasteiger partial charge < -0.3 is 22.8 Å². The van der Waals surface area contributed by atoms with Crippen molar-refractivity contribution in [3.8, 4) is 5.75 Å². The molecule has 20 heavy (non-hydrogen) atoms. The molecular formula is C14H12Cl2F2NO-. The molecule has 0 saturated heterocycles. The second-order valence-electron chi connectivity index (χ2n) is 4.13. The van der Waals surface area contributed by atoms with E-state index in [1.165, 1.54) is 12.1 Å². The number of halogens is 4. The highest BCUT2D eigenvalue weighted by Crippen LogP contribution is 2.21. The van der Waals surface area contributed by atoms with Crippen LogP contribution < -0.4 is 17.7 Å². The maximum absolute atomic E-state index is 13.0.